The summed E-state index contributed by atoms with van der Waals surface area (Å²) < 4.78 is 4.97. The highest BCUT2D eigenvalue weighted by atomic mass is 16.6. The monoisotopic (exact) mass is 120 g/mol. The van der Waals surface area contributed by atoms with Crippen LogP contribution in [0.1, 0.15) is 19.8 Å². The summed E-state index contributed by atoms with van der Waals surface area (Å²) in [5, 5.41) is 8.24. The molecule has 8 heavy (non-hydrogen) atoms. The molecule has 0 radical (unpaired) electrons. The molecule has 0 aliphatic rings. The van der Waals surface area contributed by atoms with E-state index in [9.17, 15) is 0 Å². The van der Waals surface area contributed by atoms with Crippen molar-refractivity contribution in [2.24, 2.45) is 0 Å². The molecule has 0 aliphatic heterocycles. The molecule has 0 unspecified atom stereocenters. The number of aliphatic hydroxyl groups is 1. The van der Waals surface area contributed by atoms with Gasteiger partial charge in [-0.05, 0) is 6.42 Å². The fourth-order valence-electron chi connectivity index (χ4n) is 0.413. The van der Waals surface area contributed by atoms with Gasteiger partial charge in [0.05, 0.1) is 13.2 Å². The fourth-order valence-corrected chi connectivity index (χ4v) is 0.413. The van der Waals surface area contributed by atoms with E-state index in [1.165, 1.54) is 0 Å². The third-order valence-electron chi connectivity index (χ3n) is 0.878. The Balaban J connectivity index is 2.53. The minimum Gasteiger partial charge on any atom is -0.394 e. The van der Waals surface area contributed by atoms with Gasteiger partial charge < -0.3 is 9.84 Å². The average molecular weight is 120 g/mol. The van der Waals surface area contributed by atoms with E-state index in [4.69, 9.17) is 9.84 Å². The van der Waals surface area contributed by atoms with E-state index in [1.54, 1.807) is 0 Å². The average Bonchev–Trinajstić information content (AvgIpc) is 1.81. The molecule has 0 aromatic heterocycles. The van der Waals surface area contributed by atoms with E-state index >= 15 is 0 Å². The van der Waals surface area contributed by atoms with Crippen molar-refractivity contribution in [1.29, 1.82) is 0 Å². The van der Waals surface area contributed by atoms with Gasteiger partial charge in [0, 0.05) is 6.61 Å². The van der Waals surface area contributed by atoms with Gasteiger partial charge >= 0.3 is 0 Å². The lowest BCUT2D eigenvalue weighted by Crippen LogP contribution is -1.99. The van der Waals surface area contributed by atoms with Crippen molar-refractivity contribution in [3.63, 3.8) is 0 Å². The van der Waals surface area contributed by atoms with Gasteiger partial charge in [0.15, 0.2) is 0 Å². The first kappa shape index (κ1) is 7.92. The second-order valence-corrected chi connectivity index (χ2v) is 1.69. The first-order valence-electron chi connectivity index (χ1n) is 3.10. The maximum Gasteiger partial charge on any atom is 0.0697 e. The van der Waals surface area contributed by atoms with Gasteiger partial charge in [-0.25, -0.2) is 0 Å². The molecule has 1 N–H and O–H groups in total. The Hall–Kier alpha value is -0.0800. The minimum atomic E-state index is 0.143. The lowest BCUT2D eigenvalue weighted by Gasteiger charge is -1.97. The largest absolute Gasteiger partial charge is 0.394 e. The van der Waals surface area contributed by atoms with E-state index in [-0.39, 0.29) is 6.61 Å². The molecule has 0 amide bonds. The summed E-state index contributed by atoms with van der Waals surface area (Å²) in [5.41, 5.74) is 0. The Labute approximate surface area is 50.5 Å². The highest BCUT2D eigenvalue weighted by molar-refractivity contribution is 4.30. The van der Waals surface area contributed by atoms with E-state index < -0.39 is 0 Å². The van der Waals surface area contributed by atoms with E-state index in [2.05, 4.69) is 6.92 Å². The molecule has 0 atom stereocenters. The third-order valence-corrected chi connectivity index (χ3v) is 0.878. The second-order valence-electron chi connectivity index (χ2n) is 1.69. The molecule has 2 nitrogen and oxygen atoms in total. The molecule has 0 spiro atoms. The van der Waals surface area contributed by atoms with Crippen molar-refractivity contribution in [1.82, 2.24) is 0 Å². The van der Waals surface area contributed by atoms with E-state index in [0.29, 0.717) is 6.61 Å². The van der Waals surface area contributed by atoms with Gasteiger partial charge in [-0.3, -0.25) is 0 Å². The maximum absolute atomic E-state index is 8.24. The Morgan fingerprint density at radius 2 is 2.12 bits per heavy atom. The predicted molar refractivity (Wildman–Crippen MR) is 32.8 cm³/mol. The van der Waals surface area contributed by atoms with Crippen LogP contribution in [0.5, 0.6) is 0 Å². The second kappa shape index (κ2) is 6.92. The summed E-state index contributed by atoms with van der Waals surface area (Å²) in [6, 6.07) is 0. The first-order chi connectivity index (χ1) is 3.91. The molecule has 0 aliphatic carbocycles. The molecule has 0 fully saturated rings. The molecular formula is C6H14O2. The number of unbranched alkanes of at least 4 members (excludes halogenated alkanes) is 1. The summed E-state index contributed by atoms with van der Waals surface area (Å²) in [6.45, 7) is 3.53. The van der Waals surface area contributed by atoms with Gasteiger partial charge in [0.1, 0.15) is 0 Å². The highest BCUT2D eigenvalue weighted by Crippen LogP contribution is 1.85. The van der Waals surface area contributed by atoms with Crippen LogP contribution in [0.15, 0.2) is 0 Å². The topological polar surface area (TPSA) is 29.5 Å². The Morgan fingerprint density at radius 3 is 2.62 bits per heavy atom. The summed E-state index contributed by atoms with van der Waals surface area (Å²) in [5.74, 6) is 0. The van der Waals surface area contributed by atoms with Crippen LogP contribution in [0.4, 0.5) is 0 Å². The molecule has 0 saturated heterocycles. The molecule has 0 aromatic carbocycles. The molecule has 0 saturated carbocycles. The zero-order chi connectivity index (χ0) is 6.24. The van der Waals surface area contributed by atoms with Crippen LogP contribution in [0.3, 0.4) is 0 Å². The van der Waals surface area contributed by atoms with Crippen molar-refractivity contribution in [2.45, 2.75) is 19.8 Å². The van der Waals surface area contributed by atoms with Crippen LogP contribution >= 0.6 is 0 Å². The van der Waals surface area contributed by atoms with E-state index in [1.807, 2.05) is 0 Å². The van der Waals surface area contributed by atoms with Crippen molar-refractivity contribution in [2.75, 3.05) is 19.8 Å². The smallest absolute Gasteiger partial charge is 0.0697 e. The SMILES string of the molecule is CCCCO[13CH2][13CH2]O. The van der Waals surface area contributed by atoms with Gasteiger partial charge in [-0.2, -0.15) is 0 Å². The quantitative estimate of drug-likeness (QED) is 0.429. The van der Waals surface area contributed by atoms with Crippen molar-refractivity contribution in [3.05, 3.63) is 0 Å². The molecule has 0 heterocycles. The molecular weight excluding hydrogens is 106 g/mol. The normalized spacial score (nSPS) is 9.75. The van der Waals surface area contributed by atoms with Gasteiger partial charge in [0.25, 0.3) is 0 Å². The van der Waals surface area contributed by atoms with Gasteiger partial charge in [-0.15, -0.1) is 0 Å². The van der Waals surface area contributed by atoms with Gasteiger partial charge in [0.2, 0.25) is 0 Å². The molecule has 50 valence electrons. The fraction of sp³-hybridized carbons (Fsp3) is 1.00. The number of ether oxygens (including phenoxy) is 1. The van der Waals surface area contributed by atoms with Gasteiger partial charge in [-0.1, -0.05) is 13.3 Å². The highest BCUT2D eigenvalue weighted by Gasteiger charge is 1.82. The van der Waals surface area contributed by atoms with Crippen LogP contribution in [-0.2, 0) is 4.74 Å². The lowest BCUT2D eigenvalue weighted by molar-refractivity contribution is 0.0904. The maximum atomic E-state index is 8.24. The molecule has 0 aromatic rings. The number of rotatable bonds is 5. The summed E-state index contributed by atoms with van der Waals surface area (Å²) in [7, 11) is 0. The Bertz CT molecular complexity index is 31.5. The summed E-state index contributed by atoms with van der Waals surface area (Å²) in [6.07, 6.45) is 2.26. The van der Waals surface area contributed by atoms with Crippen LogP contribution in [-0.4, -0.2) is 24.9 Å². The van der Waals surface area contributed by atoms with Crippen molar-refractivity contribution >= 4 is 0 Å². The van der Waals surface area contributed by atoms with Crippen LogP contribution in [0.2, 0.25) is 0 Å². The number of hydrogen-bond acceptors (Lipinski definition) is 2. The Kier molecular flexibility index (Phi) is 6.85. The number of aliphatic hydroxyl groups excluding tert-OH is 1. The van der Waals surface area contributed by atoms with Crippen LogP contribution < -0.4 is 0 Å². The van der Waals surface area contributed by atoms with Crippen LogP contribution in [0.25, 0.3) is 0 Å². The Morgan fingerprint density at radius 1 is 1.38 bits per heavy atom. The van der Waals surface area contributed by atoms with Crippen molar-refractivity contribution < 1.29 is 9.84 Å². The predicted octanol–water partition coefficient (Wildman–Crippen LogP) is 0.795. The summed E-state index contributed by atoms with van der Waals surface area (Å²) in [4.78, 5) is 0. The zero-order valence-corrected chi connectivity index (χ0v) is 5.39. The molecule has 0 rings (SSSR count). The minimum absolute atomic E-state index is 0.143. The lowest BCUT2D eigenvalue weighted by atomic mass is 10.4. The van der Waals surface area contributed by atoms with Crippen LogP contribution in [0, 0.1) is 0 Å². The standard InChI is InChI=1S/C6H14O2/c1-2-3-5-8-6-4-7/h7H,2-6H2,1H3/i4+1,6+1. The van der Waals surface area contributed by atoms with E-state index in [0.717, 1.165) is 19.4 Å². The number of hydrogen-bond donors (Lipinski definition) is 1. The third kappa shape index (κ3) is 5.92. The molecule has 0 bridgehead atoms. The van der Waals surface area contributed by atoms with Crippen molar-refractivity contribution in [3.8, 4) is 0 Å². The summed E-state index contributed by atoms with van der Waals surface area (Å²) >= 11 is 0. The molecule has 2 heteroatoms. The zero-order valence-electron chi connectivity index (χ0n) is 5.39. The first-order valence-corrected chi connectivity index (χ1v) is 3.10.